The predicted octanol–water partition coefficient (Wildman–Crippen LogP) is 4.24. The minimum atomic E-state index is -0.969. The van der Waals surface area contributed by atoms with Gasteiger partial charge in [0.05, 0.1) is 16.5 Å². The van der Waals surface area contributed by atoms with Gasteiger partial charge in [-0.1, -0.05) is 23.2 Å². The summed E-state index contributed by atoms with van der Waals surface area (Å²) in [6, 6.07) is 10.1. The predicted molar refractivity (Wildman–Crippen MR) is 97.6 cm³/mol. The minimum absolute atomic E-state index is 0.00216. The maximum Gasteiger partial charge on any atom is 0.308 e. The van der Waals surface area contributed by atoms with Gasteiger partial charge < -0.3 is 14.4 Å². The van der Waals surface area contributed by atoms with Gasteiger partial charge in [-0.2, -0.15) is 0 Å². The largest absolute Gasteiger partial charge is 0.481 e. The number of carboxylic acids is 1. The summed E-state index contributed by atoms with van der Waals surface area (Å²) < 4.78 is 5.74. The van der Waals surface area contributed by atoms with Crippen LogP contribution in [-0.4, -0.2) is 28.5 Å². The van der Waals surface area contributed by atoms with Gasteiger partial charge in [0.2, 0.25) is 11.8 Å². The van der Waals surface area contributed by atoms with Gasteiger partial charge in [0, 0.05) is 23.7 Å². The summed E-state index contributed by atoms with van der Waals surface area (Å²) in [7, 11) is 0. The molecular formula is C18H12Cl2N2O4. The lowest BCUT2D eigenvalue weighted by Gasteiger charge is -2.15. The summed E-state index contributed by atoms with van der Waals surface area (Å²) in [5.41, 5.74) is 2.29. The third kappa shape index (κ3) is 2.91. The number of carbonyl (C=O) groups excluding carboxylic acids is 1. The summed E-state index contributed by atoms with van der Waals surface area (Å²) in [6.07, 6.45) is -0.00216. The molecule has 1 atom stereocenters. The highest BCUT2D eigenvalue weighted by Crippen LogP contribution is 2.34. The number of aliphatic carboxylic acids is 1. The lowest BCUT2D eigenvalue weighted by atomic mass is 10.1. The molecule has 0 radical (unpaired) electrons. The second kappa shape index (κ2) is 6.30. The molecule has 1 aromatic heterocycles. The quantitative estimate of drug-likeness (QED) is 0.722. The number of aromatic nitrogens is 1. The Morgan fingerprint density at radius 2 is 2.04 bits per heavy atom. The number of carboxylic acid groups (broad SMARTS) is 1. The number of hydrogen-bond acceptors (Lipinski definition) is 4. The summed E-state index contributed by atoms with van der Waals surface area (Å²) >= 11 is 12.1. The highest BCUT2D eigenvalue weighted by molar-refractivity contribution is 6.36. The van der Waals surface area contributed by atoms with Gasteiger partial charge in [-0.15, -0.1) is 0 Å². The molecule has 1 aliphatic rings. The van der Waals surface area contributed by atoms with E-state index in [1.54, 1.807) is 36.4 Å². The number of hydrogen-bond donors (Lipinski definition) is 1. The van der Waals surface area contributed by atoms with Crippen molar-refractivity contribution in [2.24, 2.45) is 5.92 Å². The van der Waals surface area contributed by atoms with Gasteiger partial charge in [0.1, 0.15) is 5.52 Å². The highest BCUT2D eigenvalue weighted by Gasteiger charge is 2.35. The summed E-state index contributed by atoms with van der Waals surface area (Å²) in [5.74, 6) is -1.54. The van der Waals surface area contributed by atoms with Crippen LogP contribution < -0.4 is 4.90 Å². The van der Waals surface area contributed by atoms with E-state index in [1.807, 2.05) is 0 Å². The molecule has 3 aromatic rings. The van der Waals surface area contributed by atoms with E-state index in [0.29, 0.717) is 38.3 Å². The van der Waals surface area contributed by atoms with Crippen LogP contribution in [0.3, 0.4) is 0 Å². The zero-order chi connectivity index (χ0) is 18.4. The molecule has 1 amide bonds. The van der Waals surface area contributed by atoms with Gasteiger partial charge in [0.25, 0.3) is 0 Å². The average Bonchev–Trinajstić information content (AvgIpc) is 3.17. The molecule has 1 N–H and O–H groups in total. The van der Waals surface area contributed by atoms with Crippen molar-refractivity contribution in [1.82, 2.24) is 4.98 Å². The molecule has 0 spiro atoms. The molecule has 1 aliphatic heterocycles. The van der Waals surface area contributed by atoms with Crippen molar-refractivity contribution >= 4 is 51.9 Å². The lowest BCUT2D eigenvalue weighted by Crippen LogP contribution is -2.25. The first kappa shape index (κ1) is 16.9. The first-order valence-electron chi connectivity index (χ1n) is 7.81. The molecule has 1 saturated heterocycles. The van der Waals surface area contributed by atoms with Crippen LogP contribution in [0.1, 0.15) is 6.42 Å². The number of anilines is 1. The van der Waals surface area contributed by atoms with E-state index in [9.17, 15) is 9.59 Å². The number of oxazole rings is 1. The summed E-state index contributed by atoms with van der Waals surface area (Å²) in [6.45, 7) is 0.146. The van der Waals surface area contributed by atoms with E-state index < -0.39 is 11.9 Å². The molecule has 2 aromatic carbocycles. The van der Waals surface area contributed by atoms with Crippen molar-refractivity contribution in [2.45, 2.75) is 6.42 Å². The molecular weight excluding hydrogens is 379 g/mol. The Morgan fingerprint density at radius 1 is 1.23 bits per heavy atom. The zero-order valence-corrected chi connectivity index (χ0v) is 14.8. The van der Waals surface area contributed by atoms with E-state index in [-0.39, 0.29) is 18.9 Å². The molecule has 26 heavy (non-hydrogen) atoms. The van der Waals surface area contributed by atoms with Crippen molar-refractivity contribution < 1.29 is 19.1 Å². The molecule has 2 heterocycles. The van der Waals surface area contributed by atoms with Crippen LogP contribution in [0.15, 0.2) is 40.8 Å². The third-order valence-electron chi connectivity index (χ3n) is 4.32. The monoisotopic (exact) mass is 390 g/mol. The maximum atomic E-state index is 12.1. The van der Waals surface area contributed by atoms with Gasteiger partial charge in [-0.05, 0) is 36.4 Å². The fourth-order valence-corrected chi connectivity index (χ4v) is 3.47. The fraction of sp³-hybridized carbons (Fsp3) is 0.167. The normalized spacial score (nSPS) is 17.2. The summed E-state index contributed by atoms with van der Waals surface area (Å²) in [5, 5.41) is 10.0. The average molecular weight is 391 g/mol. The Kier molecular flexibility index (Phi) is 4.09. The van der Waals surface area contributed by atoms with E-state index in [4.69, 9.17) is 32.7 Å². The van der Waals surface area contributed by atoms with Gasteiger partial charge >= 0.3 is 5.97 Å². The second-order valence-electron chi connectivity index (χ2n) is 6.04. The van der Waals surface area contributed by atoms with Crippen molar-refractivity contribution in [3.05, 3.63) is 46.4 Å². The number of carbonyl (C=O) groups is 2. The number of nitrogens with zero attached hydrogens (tertiary/aromatic N) is 2. The van der Waals surface area contributed by atoms with Crippen LogP contribution in [0.5, 0.6) is 0 Å². The fourth-order valence-electron chi connectivity index (χ4n) is 2.98. The molecule has 132 valence electrons. The molecule has 6 nitrogen and oxygen atoms in total. The van der Waals surface area contributed by atoms with Crippen LogP contribution in [-0.2, 0) is 9.59 Å². The minimum Gasteiger partial charge on any atom is -0.481 e. The molecule has 1 unspecified atom stereocenters. The molecule has 1 fully saturated rings. The molecule has 0 bridgehead atoms. The van der Waals surface area contributed by atoms with Crippen molar-refractivity contribution in [2.75, 3.05) is 11.4 Å². The van der Waals surface area contributed by atoms with Gasteiger partial charge in [-0.25, -0.2) is 4.98 Å². The van der Waals surface area contributed by atoms with E-state index >= 15 is 0 Å². The van der Waals surface area contributed by atoms with Gasteiger partial charge in [-0.3, -0.25) is 9.59 Å². The zero-order valence-electron chi connectivity index (χ0n) is 13.3. The molecule has 4 rings (SSSR count). The topological polar surface area (TPSA) is 83.6 Å². The van der Waals surface area contributed by atoms with Crippen molar-refractivity contribution in [3.63, 3.8) is 0 Å². The smallest absolute Gasteiger partial charge is 0.308 e. The number of rotatable bonds is 3. The van der Waals surface area contributed by atoms with Crippen molar-refractivity contribution in [1.29, 1.82) is 0 Å². The number of fused-ring (bicyclic) bond motifs is 1. The van der Waals surface area contributed by atoms with Crippen molar-refractivity contribution in [3.8, 4) is 11.5 Å². The third-order valence-corrected chi connectivity index (χ3v) is 4.87. The van der Waals surface area contributed by atoms with Crippen LogP contribution in [0.4, 0.5) is 5.69 Å². The Hall–Kier alpha value is -2.57. The number of amides is 1. The number of benzene rings is 2. The Labute approximate surface area is 157 Å². The lowest BCUT2D eigenvalue weighted by molar-refractivity contribution is -0.141. The number of halogens is 2. The van der Waals surface area contributed by atoms with Crippen LogP contribution in [0, 0.1) is 5.92 Å². The van der Waals surface area contributed by atoms with Gasteiger partial charge in [0.15, 0.2) is 5.58 Å². The van der Waals surface area contributed by atoms with E-state index in [2.05, 4.69) is 4.98 Å². The Morgan fingerprint density at radius 3 is 2.73 bits per heavy atom. The maximum absolute atomic E-state index is 12.1. The molecule has 8 heteroatoms. The summed E-state index contributed by atoms with van der Waals surface area (Å²) in [4.78, 5) is 29.1. The van der Waals surface area contributed by atoms with Crippen LogP contribution in [0.25, 0.3) is 22.6 Å². The van der Waals surface area contributed by atoms with E-state index in [1.165, 1.54) is 4.90 Å². The van der Waals surface area contributed by atoms with E-state index in [0.717, 1.165) is 0 Å². The Balaban J connectivity index is 1.70. The van der Waals surface area contributed by atoms with Crippen LogP contribution >= 0.6 is 23.2 Å². The molecule has 0 aliphatic carbocycles. The first-order valence-corrected chi connectivity index (χ1v) is 8.57. The SMILES string of the molecule is O=C(O)C1CC(=O)N(c2ccc3oc(-c4ccc(Cl)cc4Cl)nc3c2)C1. The highest BCUT2D eigenvalue weighted by atomic mass is 35.5. The first-order chi connectivity index (χ1) is 12.4. The molecule has 0 saturated carbocycles. The van der Waals surface area contributed by atoms with Crippen LogP contribution in [0.2, 0.25) is 10.0 Å². The Bertz CT molecular complexity index is 1050. The standard InChI is InChI=1S/C18H12Cl2N2O4/c19-10-1-3-12(13(20)6-10)17-21-14-7-11(2-4-15(14)26-17)22-8-9(18(24)25)5-16(22)23/h1-4,6-7,9H,5,8H2,(H,24,25). The second-order valence-corrected chi connectivity index (χ2v) is 6.88.